The summed E-state index contributed by atoms with van der Waals surface area (Å²) in [5.74, 6) is 0. The highest BCUT2D eigenvalue weighted by Crippen LogP contribution is 2.43. The van der Waals surface area contributed by atoms with Crippen molar-refractivity contribution in [1.82, 2.24) is 0 Å². The quantitative estimate of drug-likeness (QED) is 0.892. The summed E-state index contributed by atoms with van der Waals surface area (Å²) in [5.41, 5.74) is 7.66. The Morgan fingerprint density at radius 1 is 1.37 bits per heavy atom. The Balaban J connectivity index is 2.38. The molecule has 3 N–H and O–H groups in total. The maximum Gasteiger partial charge on any atom is 0.0628 e. The molecule has 1 fully saturated rings. The highest BCUT2D eigenvalue weighted by Gasteiger charge is 2.41. The fraction of sp³-hybridized carbons (Fsp3) is 0.625. The summed E-state index contributed by atoms with van der Waals surface area (Å²) in [4.78, 5) is 0. The van der Waals surface area contributed by atoms with Gasteiger partial charge in [0.05, 0.1) is 5.60 Å². The summed E-state index contributed by atoms with van der Waals surface area (Å²) in [7, 11) is 0. The molecule has 0 aromatic heterocycles. The molecule has 0 bridgehead atoms. The smallest absolute Gasteiger partial charge is 0.0628 e. The van der Waals surface area contributed by atoms with Crippen molar-refractivity contribution in [3.8, 4) is 0 Å². The van der Waals surface area contributed by atoms with Crippen LogP contribution in [-0.2, 0) is 11.8 Å². The second-order valence-corrected chi connectivity index (χ2v) is 6.58. The van der Waals surface area contributed by atoms with Gasteiger partial charge < -0.3 is 10.8 Å². The molecule has 0 radical (unpaired) electrons. The van der Waals surface area contributed by atoms with Gasteiger partial charge in [-0.15, -0.1) is 0 Å². The van der Waals surface area contributed by atoms with Gasteiger partial charge >= 0.3 is 0 Å². The molecular weight excluding hydrogens is 258 g/mol. The Hall–Kier alpha value is -0.570. The number of hydrogen-bond acceptors (Lipinski definition) is 2. The van der Waals surface area contributed by atoms with Crippen molar-refractivity contribution in [2.24, 2.45) is 5.73 Å². The third kappa shape index (κ3) is 2.96. The second kappa shape index (κ2) is 5.43. The van der Waals surface area contributed by atoms with Crippen molar-refractivity contribution in [1.29, 1.82) is 0 Å². The van der Waals surface area contributed by atoms with Crippen LogP contribution in [0.4, 0.5) is 0 Å². The first-order chi connectivity index (χ1) is 8.92. The van der Waals surface area contributed by atoms with Gasteiger partial charge in [0.15, 0.2) is 0 Å². The Kier molecular flexibility index (Phi) is 4.24. The number of nitrogens with two attached hydrogens (primary N) is 1. The molecule has 106 valence electrons. The molecule has 2 rings (SSSR count). The summed E-state index contributed by atoms with van der Waals surface area (Å²) in [6.07, 6.45) is 4.55. The molecule has 0 aliphatic heterocycles. The Labute approximate surface area is 121 Å². The molecule has 2 atom stereocenters. The number of hydrogen-bond donors (Lipinski definition) is 2. The lowest BCUT2D eigenvalue weighted by Gasteiger charge is -2.44. The van der Waals surface area contributed by atoms with Gasteiger partial charge in [-0.05, 0) is 56.2 Å². The van der Waals surface area contributed by atoms with Crippen LogP contribution in [0.5, 0.6) is 0 Å². The van der Waals surface area contributed by atoms with Gasteiger partial charge in [-0.3, -0.25) is 0 Å². The van der Waals surface area contributed by atoms with E-state index >= 15 is 0 Å². The molecule has 1 aromatic rings. The zero-order valence-electron chi connectivity index (χ0n) is 11.9. The Bertz CT molecular complexity index is 458. The average Bonchev–Trinajstić information content (AvgIpc) is 2.37. The van der Waals surface area contributed by atoms with Crippen molar-refractivity contribution < 1.29 is 5.11 Å². The molecule has 0 amide bonds. The summed E-state index contributed by atoms with van der Waals surface area (Å²) in [6, 6.07) is 6.28. The number of halogens is 1. The number of benzene rings is 1. The highest BCUT2D eigenvalue weighted by atomic mass is 35.5. The topological polar surface area (TPSA) is 46.2 Å². The first-order valence-electron chi connectivity index (χ1n) is 7.14. The van der Waals surface area contributed by atoms with E-state index in [4.69, 9.17) is 17.3 Å². The normalized spacial score (nSPS) is 31.4. The van der Waals surface area contributed by atoms with Crippen LogP contribution in [0.2, 0.25) is 5.02 Å². The van der Waals surface area contributed by atoms with Crippen molar-refractivity contribution >= 4 is 11.6 Å². The van der Waals surface area contributed by atoms with E-state index in [1.54, 1.807) is 0 Å². The molecule has 3 heteroatoms. The van der Waals surface area contributed by atoms with E-state index in [1.807, 2.05) is 6.92 Å². The summed E-state index contributed by atoms with van der Waals surface area (Å²) < 4.78 is 0. The minimum atomic E-state index is -0.618. The third-order valence-electron chi connectivity index (χ3n) is 4.53. The molecule has 19 heavy (non-hydrogen) atoms. The zero-order chi connectivity index (χ0) is 14.1. The molecule has 1 aromatic carbocycles. The van der Waals surface area contributed by atoms with Gasteiger partial charge in [0, 0.05) is 17.0 Å². The van der Waals surface area contributed by atoms with E-state index in [-0.39, 0.29) is 5.41 Å². The van der Waals surface area contributed by atoms with E-state index in [9.17, 15) is 5.11 Å². The van der Waals surface area contributed by atoms with Gasteiger partial charge in [0.1, 0.15) is 0 Å². The first kappa shape index (κ1) is 14.8. The lowest BCUT2D eigenvalue weighted by atomic mass is 9.64. The van der Waals surface area contributed by atoms with E-state index in [2.05, 4.69) is 25.1 Å². The van der Waals surface area contributed by atoms with Crippen LogP contribution in [0, 0.1) is 0 Å². The molecule has 1 aliphatic carbocycles. The fourth-order valence-corrected chi connectivity index (χ4v) is 3.73. The molecule has 2 nitrogen and oxygen atoms in total. The van der Waals surface area contributed by atoms with Crippen LogP contribution in [-0.4, -0.2) is 17.3 Å². The first-order valence-corrected chi connectivity index (χ1v) is 7.52. The number of rotatable bonds is 3. The SMILES string of the molecule is CCc1ccc(C2(CN)CCCC(C)(O)C2)cc1Cl. The Morgan fingerprint density at radius 3 is 2.63 bits per heavy atom. The summed E-state index contributed by atoms with van der Waals surface area (Å²) in [6.45, 7) is 4.58. The van der Waals surface area contributed by atoms with Crippen molar-refractivity contribution in [2.45, 2.75) is 57.0 Å². The van der Waals surface area contributed by atoms with E-state index < -0.39 is 5.60 Å². The lowest BCUT2D eigenvalue weighted by Crippen LogP contribution is -2.46. The predicted molar refractivity (Wildman–Crippen MR) is 80.7 cm³/mol. The molecule has 2 unspecified atom stereocenters. The van der Waals surface area contributed by atoms with E-state index in [1.165, 1.54) is 11.1 Å². The van der Waals surface area contributed by atoms with Crippen LogP contribution in [0.15, 0.2) is 18.2 Å². The van der Waals surface area contributed by atoms with Gasteiger partial charge in [0.2, 0.25) is 0 Å². The van der Waals surface area contributed by atoms with E-state index in [0.29, 0.717) is 6.54 Å². The van der Waals surface area contributed by atoms with Crippen LogP contribution in [0.1, 0.15) is 50.7 Å². The van der Waals surface area contributed by atoms with Crippen LogP contribution in [0.25, 0.3) is 0 Å². The van der Waals surface area contributed by atoms with Gasteiger partial charge in [-0.1, -0.05) is 30.7 Å². The summed E-state index contributed by atoms with van der Waals surface area (Å²) in [5, 5.41) is 11.2. The molecule has 0 spiro atoms. The Morgan fingerprint density at radius 2 is 2.11 bits per heavy atom. The highest BCUT2D eigenvalue weighted by molar-refractivity contribution is 6.31. The lowest BCUT2D eigenvalue weighted by molar-refractivity contribution is -0.00819. The number of aliphatic hydroxyl groups is 1. The summed E-state index contributed by atoms with van der Waals surface area (Å²) >= 11 is 6.34. The van der Waals surface area contributed by atoms with Gasteiger partial charge in [-0.25, -0.2) is 0 Å². The monoisotopic (exact) mass is 281 g/mol. The zero-order valence-corrected chi connectivity index (χ0v) is 12.6. The van der Waals surface area contributed by atoms with Crippen molar-refractivity contribution in [3.63, 3.8) is 0 Å². The second-order valence-electron chi connectivity index (χ2n) is 6.17. The molecule has 1 saturated carbocycles. The largest absolute Gasteiger partial charge is 0.390 e. The molecule has 1 aliphatic rings. The minimum absolute atomic E-state index is 0.127. The minimum Gasteiger partial charge on any atom is -0.390 e. The van der Waals surface area contributed by atoms with Gasteiger partial charge in [-0.2, -0.15) is 0 Å². The number of aryl methyl sites for hydroxylation is 1. The average molecular weight is 282 g/mol. The van der Waals surface area contributed by atoms with Crippen molar-refractivity contribution in [3.05, 3.63) is 34.3 Å². The predicted octanol–water partition coefficient (Wildman–Crippen LogP) is 3.42. The van der Waals surface area contributed by atoms with Crippen LogP contribution in [0.3, 0.4) is 0 Å². The standard InChI is InChI=1S/C16H24ClNO/c1-3-12-5-6-13(9-14(12)17)16(11-18)8-4-7-15(2,19)10-16/h5-6,9,19H,3-4,7-8,10-11,18H2,1-2H3. The van der Waals surface area contributed by atoms with Crippen molar-refractivity contribution in [2.75, 3.05) is 6.54 Å². The third-order valence-corrected chi connectivity index (χ3v) is 4.88. The maximum absolute atomic E-state index is 10.4. The molecule has 0 heterocycles. The molecular formula is C16H24ClNO. The molecule has 0 saturated heterocycles. The van der Waals surface area contributed by atoms with Crippen LogP contribution >= 0.6 is 11.6 Å². The maximum atomic E-state index is 10.4. The fourth-order valence-electron chi connectivity index (χ4n) is 3.42. The van der Waals surface area contributed by atoms with Crippen LogP contribution < -0.4 is 5.73 Å². The van der Waals surface area contributed by atoms with Gasteiger partial charge in [0.25, 0.3) is 0 Å². The van der Waals surface area contributed by atoms with E-state index in [0.717, 1.165) is 37.1 Å².